The number of benzene rings is 2. The van der Waals surface area contributed by atoms with Crippen molar-refractivity contribution in [1.29, 1.82) is 0 Å². The molecule has 2 atom stereocenters. The molecule has 3 nitrogen and oxygen atoms in total. The van der Waals surface area contributed by atoms with Crippen LogP contribution in [0.5, 0.6) is 0 Å². The topological polar surface area (TPSA) is 18.5 Å². The highest BCUT2D eigenvalue weighted by Gasteiger charge is 2.39. The van der Waals surface area contributed by atoms with Crippen LogP contribution in [0.4, 0.5) is 23.2 Å². The van der Waals surface area contributed by atoms with Gasteiger partial charge in [-0.1, -0.05) is 26.1 Å². The molecule has 0 radical (unpaired) electrons. The Labute approximate surface area is 214 Å². The predicted octanol–water partition coefficient (Wildman–Crippen LogP) is 5.87. The van der Waals surface area contributed by atoms with Crippen LogP contribution in [0.15, 0.2) is 30.3 Å². The van der Waals surface area contributed by atoms with Crippen molar-refractivity contribution in [3.63, 3.8) is 0 Å². The highest BCUT2D eigenvalue weighted by molar-refractivity contribution is 7.64. The number of alkyl halides is 2. The quantitative estimate of drug-likeness (QED) is 0.328. The monoisotopic (exact) mass is 523 g/mol. The second-order valence-corrected chi connectivity index (χ2v) is 13.4. The molecule has 1 saturated heterocycles. The lowest BCUT2D eigenvalue weighted by atomic mass is 9.84. The van der Waals surface area contributed by atoms with E-state index < -0.39 is 23.3 Å². The van der Waals surface area contributed by atoms with Crippen molar-refractivity contribution in [2.75, 3.05) is 51.5 Å². The van der Waals surface area contributed by atoms with Crippen molar-refractivity contribution in [2.24, 2.45) is 0 Å². The Morgan fingerprint density at radius 2 is 1.75 bits per heavy atom. The Balaban J connectivity index is 1.66. The minimum Gasteiger partial charge on any atom is -0.380 e. The van der Waals surface area contributed by atoms with E-state index in [9.17, 15) is 8.78 Å². The van der Waals surface area contributed by atoms with Crippen LogP contribution in [-0.2, 0) is 6.42 Å². The summed E-state index contributed by atoms with van der Waals surface area (Å²) in [4.78, 5) is 4.02. The third-order valence-electron chi connectivity index (χ3n) is 7.20. The first-order valence-corrected chi connectivity index (χ1v) is 15.0. The summed E-state index contributed by atoms with van der Waals surface area (Å²) < 4.78 is 58.7. The van der Waals surface area contributed by atoms with E-state index >= 15 is 8.78 Å². The van der Waals surface area contributed by atoms with E-state index in [0.717, 1.165) is 24.2 Å². The minimum absolute atomic E-state index is 0.0289. The first-order chi connectivity index (χ1) is 17.0. The van der Waals surface area contributed by atoms with Crippen LogP contribution in [-0.4, -0.2) is 73.7 Å². The zero-order chi connectivity index (χ0) is 26.2. The Morgan fingerprint density at radius 3 is 2.33 bits per heavy atom. The molecular weight excluding hydrogens is 485 g/mol. The van der Waals surface area contributed by atoms with E-state index in [0.29, 0.717) is 25.1 Å². The summed E-state index contributed by atoms with van der Waals surface area (Å²) in [6.07, 6.45) is 1.21. The number of hydrogen-bond acceptors (Lipinski definition) is 3. The van der Waals surface area contributed by atoms with E-state index in [2.05, 4.69) is 29.6 Å². The van der Waals surface area contributed by atoms with Gasteiger partial charge in [0, 0.05) is 43.5 Å². The molecular formula is C28H38F4N3P. The second-order valence-electron chi connectivity index (χ2n) is 11.1. The summed E-state index contributed by atoms with van der Waals surface area (Å²) in [6, 6.07) is 8.19. The molecule has 0 bridgehead atoms. The van der Waals surface area contributed by atoms with E-state index in [1.54, 1.807) is 0 Å². The molecule has 1 fully saturated rings. The van der Waals surface area contributed by atoms with E-state index in [1.807, 2.05) is 24.0 Å². The molecule has 2 aromatic carbocycles. The van der Waals surface area contributed by atoms with Crippen LogP contribution in [0.3, 0.4) is 0 Å². The number of anilines is 1. The van der Waals surface area contributed by atoms with Gasteiger partial charge in [-0.3, -0.25) is 14.2 Å². The predicted molar refractivity (Wildman–Crippen MR) is 143 cm³/mol. The molecule has 2 aliphatic heterocycles. The molecule has 0 unspecified atom stereocenters. The van der Waals surface area contributed by atoms with Gasteiger partial charge in [0.25, 0.3) is 0 Å². The number of fused-ring (bicyclic) bond motifs is 1. The van der Waals surface area contributed by atoms with E-state index in [-0.39, 0.29) is 38.8 Å². The molecule has 2 aromatic rings. The third-order valence-corrected chi connectivity index (χ3v) is 8.51. The van der Waals surface area contributed by atoms with Crippen molar-refractivity contribution in [2.45, 2.75) is 57.4 Å². The molecule has 0 amide bonds. The van der Waals surface area contributed by atoms with Gasteiger partial charge in [-0.25, -0.2) is 13.2 Å². The third kappa shape index (κ3) is 6.06. The Hall–Kier alpha value is -1.69. The van der Waals surface area contributed by atoms with Gasteiger partial charge in [-0.05, 0) is 75.5 Å². The minimum atomic E-state index is -1.52. The lowest BCUT2D eigenvalue weighted by Gasteiger charge is -2.44. The standard InChI is InChI=1S/C28H38F4N3P/c1-18-11-19-12-22(36(4)5)7-8-23(19)27(35(18)17-28(2,3)32)26-24(30)13-20(14-25(26)31)33-21-15-34(16-21)10-6-9-29/h7-8,12-14,18,21,27,33H,6,9-11,15-17H2,1-5H3/t18-,27+/m1/s1. The lowest BCUT2D eigenvalue weighted by molar-refractivity contribution is 0.0653. The molecule has 198 valence electrons. The zero-order valence-electron chi connectivity index (χ0n) is 21.9. The molecule has 4 rings (SSSR count). The molecule has 36 heavy (non-hydrogen) atoms. The number of nitrogens with zero attached hydrogens (tertiary/aromatic N) is 2. The summed E-state index contributed by atoms with van der Waals surface area (Å²) in [5.41, 5.74) is 0.775. The summed E-state index contributed by atoms with van der Waals surface area (Å²) in [5, 5.41) is 4.45. The molecule has 0 aromatic heterocycles. The molecule has 2 aliphatic rings. The van der Waals surface area contributed by atoms with Crippen molar-refractivity contribution in [3.8, 4) is 0 Å². The van der Waals surface area contributed by atoms with Gasteiger partial charge in [0.2, 0.25) is 0 Å². The second kappa shape index (κ2) is 11.0. The first-order valence-electron chi connectivity index (χ1n) is 12.8. The van der Waals surface area contributed by atoms with Crippen LogP contribution in [0.25, 0.3) is 0 Å². The van der Waals surface area contributed by atoms with E-state index in [1.165, 1.54) is 31.3 Å². The molecule has 0 saturated carbocycles. The van der Waals surface area contributed by atoms with Crippen molar-refractivity contribution < 1.29 is 17.6 Å². The Kier molecular flexibility index (Phi) is 8.33. The highest BCUT2D eigenvalue weighted by Crippen LogP contribution is 2.42. The van der Waals surface area contributed by atoms with Gasteiger partial charge in [0.1, 0.15) is 17.3 Å². The highest BCUT2D eigenvalue weighted by atomic mass is 31.1. The van der Waals surface area contributed by atoms with Gasteiger partial charge in [-0.2, -0.15) is 0 Å². The fourth-order valence-corrected chi connectivity index (χ4v) is 6.26. The fraction of sp³-hybridized carbons (Fsp3) is 0.571. The van der Waals surface area contributed by atoms with Gasteiger partial charge < -0.3 is 5.32 Å². The van der Waals surface area contributed by atoms with Crippen LogP contribution in [0.1, 0.15) is 49.9 Å². The fourth-order valence-electron chi connectivity index (χ4n) is 5.48. The van der Waals surface area contributed by atoms with Crippen LogP contribution in [0.2, 0.25) is 0 Å². The summed E-state index contributed by atoms with van der Waals surface area (Å²) >= 11 is 0. The molecule has 8 heteroatoms. The van der Waals surface area contributed by atoms with Crippen LogP contribution in [0, 0.1) is 11.6 Å². The largest absolute Gasteiger partial charge is 0.380 e. The average Bonchev–Trinajstić information content (AvgIpc) is 2.75. The van der Waals surface area contributed by atoms with E-state index in [4.69, 9.17) is 0 Å². The normalized spacial score (nSPS) is 21.5. The zero-order valence-corrected chi connectivity index (χ0v) is 22.8. The lowest BCUT2D eigenvalue weighted by Crippen LogP contribution is -2.54. The van der Waals surface area contributed by atoms with Crippen molar-refractivity contribution >= 4 is 18.9 Å². The molecule has 1 N–H and O–H groups in total. The first kappa shape index (κ1) is 27.3. The number of halogens is 4. The van der Waals surface area contributed by atoms with Gasteiger partial charge in [-0.15, -0.1) is 0 Å². The van der Waals surface area contributed by atoms with Gasteiger partial charge in [0.05, 0.1) is 18.8 Å². The number of rotatable bonds is 9. The van der Waals surface area contributed by atoms with Crippen molar-refractivity contribution in [1.82, 2.24) is 9.80 Å². The molecule has 0 aliphatic carbocycles. The maximum absolute atomic E-state index is 15.7. The van der Waals surface area contributed by atoms with Gasteiger partial charge in [0.15, 0.2) is 0 Å². The maximum Gasteiger partial charge on any atom is 0.133 e. The maximum atomic E-state index is 15.7. The summed E-state index contributed by atoms with van der Waals surface area (Å²) in [6.45, 7) is 11.3. The molecule has 2 heterocycles. The SMILES string of the molecule is C[C@@H]1Cc2cc(P(C)C)ccc2[C@@H](c2c(F)cc(NC3CN(CCCF)C3)cc2F)N1CC(C)(C)F. The number of hydrogen-bond donors (Lipinski definition) is 1. The van der Waals surface area contributed by atoms with Crippen LogP contribution < -0.4 is 10.6 Å². The molecule has 0 spiro atoms. The van der Waals surface area contributed by atoms with Gasteiger partial charge >= 0.3 is 0 Å². The van der Waals surface area contributed by atoms with Crippen LogP contribution >= 0.6 is 7.92 Å². The smallest absolute Gasteiger partial charge is 0.133 e. The Bertz CT molecular complexity index is 1040. The average molecular weight is 524 g/mol. The number of likely N-dealkylation sites (tertiary alicyclic amines) is 1. The summed E-state index contributed by atoms with van der Waals surface area (Å²) in [7, 11) is -0.307. The summed E-state index contributed by atoms with van der Waals surface area (Å²) in [5.74, 6) is -1.26. The number of nitrogens with one attached hydrogen (secondary N) is 1. The van der Waals surface area contributed by atoms with Crippen molar-refractivity contribution in [3.05, 3.63) is 58.7 Å². The Morgan fingerprint density at radius 1 is 1.08 bits per heavy atom.